The number of hydrogen-bond acceptors (Lipinski definition) is 3. The minimum absolute atomic E-state index is 0.490. The van der Waals surface area contributed by atoms with Crippen molar-refractivity contribution in [3.8, 4) is 16.5 Å². The SMILES string of the molecule is N#Cc1cc(-c2ccccc2)sn1. The summed E-state index contributed by atoms with van der Waals surface area (Å²) in [5, 5.41) is 8.59. The Morgan fingerprint density at radius 1 is 1.23 bits per heavy atom. The third kappa shape index (κ3) is 1.58. The Kier molecular flexibility index (Phi) is 2.07. The van der Waals surface area contributed by atoms with Crippen molar-refractivity contribution in [3.05, 3.63) is 42.1 Å². The summed E-state index contributed by atoms with van der Waals surface area (Å²) in [4.78, 5) is 1.04. The maximum atomic E-state index is 8.59. The van der Waals surface area contributed by atoms with Crippen molar-refractivity contribution in [3.63, 3.8) is 0 Å². The van der Waals surface area contributed by atoms with Crippen LogP contribution in [0.4, 0.5) is 0 Å². The lowest BCUT2D eigenvalue weighted by atomic mass is 10.2. The molecule has 0 fully saturated rings. The molecule has 0 saturated carbocycles. The lowest BCUT2D eigenvalue weighted by Gasteiger charge is -1.92. The zero-order valence-electron chi connectivity index (χ0n) is 6.77. The minimum atomic E-state index is 0.490. The molecule has 1 aromatic carbocycles. The van der Waals surface area contributed by atoms with Crippen LogP contribution in [0.1, 0.15) is 5.69 Å². The lowest BCUT2D eigenvalue weighted by Crippen LogP contribution is -1.69. The number of hydrogen-bond donors (Lipinski definition) is 0. The molecule has 0 aliphatic rings. The predicted octanol–water partition coefficient (Wildman–Crippen LogP) is 2.68. The highest BCUT2D eigenvalue weighted by Crippen LogP contribution is 2.23. The Bertz CT molecular complexity index is 439. The summed E-state index contributed by atoms with van der Waals surface area (Å²) >= 11 is 1.35. The van der Waals surface area contributed by atoms with Gasteiger partial charge in [-0.1, -0.05) is 30.3 Å². The quantitative estimate of drug-likeness (QED) is 0.686. The summed E-state index contributed by atoms with van der Waals surface area (Å²) < 4.78 is 3.99. The fourth-order valence-electron chi connectivity index (χ4n) is 1.07. The van der Waals surface area contributed by atoms with E-state index in [2.05, 4.69) is 4.37 Å². The highest BCUT2D eigenvalue weighted by atomic mass is 32.1. The van der Waals surface area contributed by atoms with Crippen molar-refractivity contribution in [2.45, 2.75) is 0 Å². The second-order valence-electron chi connectivity index (χ2n) is 2.55. The average molecular weight is 186 g/mol. The molecule has 1 aromatic heterocycles. The van der Waals surface area contributed by atoms with Crippen molar-refractivity contribution >= 4 is 11.5 Å². The van der Waals surface area contributed by atoms with Crippen LogP contribution in [-0.4, -0.2) is 4.37 Å². The summed E-state index contributed by atoms with van der Waals surface area (Å²) in [7, 11) is 0. The van der Waals surface area contributed by atoms with Crippen molar-refractivity contribution in [1.29, 1.82) is 5.26 Å². The minimum Gasteiger partial charge on any atom is -0.191 e. The van der Waals surface area contributed by atoms with Crippen LogP contribution in [0.15, 0.2) is 36.4 Å². The molecule has 0 spiro atoms. The van der Waals surface area contributed by atoms with Gasteiger partial charge in [0.25, 0.3) is 0 Å². The first kappa shape index (κ1) is 7.96. The Morgan fingerprint density at radius 2 is 2.00 bits per heavy atom. The molecule has 0 aliphatic carbocycles. The van der Waals surface area contributed by atoms with Crippen molar-refractivity contribution in [2.24, 2.45) is 0 Å². The monoisotopic (exact) mass is 186 g/mol. The normalized spacial score (nSPS) is 9.46. The van der Waals surface area contributed by atoms with Gasteiger partial charge in [-0.25, -0.2) is 0 Å². The van der Waals surface area contributed by atoms with E-state index in [9.17, 15) is 0 Å². The predicted molar refractivity (Wildman–Crippen MR) is 52.3 cm³/mol. The van der Waals surface area contributed by atoms with E-state index in [1.807, 2.05) is 36.4 Å². The first-order valence-corrected chi connectivity index (χ1v) is 4.60. The molecule has 0 saturated heterocycles. The van der Waals surface area contributed by atoms with Crippen molar-refractivity contribution in [2.75, 3.05) is 0 Å². The standard InChI is InChI=1S/C10H6N2S/c11-7-9-6-10(13-12-9)8-4-2-1-3-5-8/h1-6H. The largest absolute Gasteiger partial charge is 0.191 e. The smallest absolute Gasteiger partial charge is 0.154 e. The van der Waals surface area contributed by atoms with Crippen LogP contribution >= 0.6 is 11.5 Å². The molecule has 13 heavy (non-hydrogen) atoms. The second-order valence-corrected chi connectivity index (χ2v) is 3.36. The number of rotatable bonds is 1. The van der Waals surface area contributed by atoms with Gasteiger partial charge < -0.3 is 0 Å². The van der Waals surface area contributed by atoms with Gasteiger partial charge in [-0.3, -0.25) is 0 Å². The Labute approximate surface area is 80.2 Å². The Morgan fingerprint density at radius 3 is 2.62 bits per heavy atom. The van der Waals surface area contributed by atoms with Gasteiger partial charge in [0, 0.05) is 0 Å². The molecule has 2 nitrogen and oxygen atoms in total. The van der Waals surface area contributed by atoms with E-state index in [4.69, 9.17) is 5.26 Å². The van der Waals surface area contributed by atoms with Gasteiger partial charge in [0.05, 0.1) is 4.88 Å². The highest BCUT2D eigenvalue weighted by molar-refractivity contribution is 7.09. The van der Waals surface area contributed by atoms with Gasteiger partial charge >= 0.3 is 0 Å². The first-order valence-electron chi connectivity index (χ1n) is 3.82. The summed E-state index contributed by atoms with van der Waals surface area (Å²) in [6.07, 6.45) is 0. The van der Waals surface area contributed by atoms with E-state index in [1.165, 1.54) is 11.5 Å². The molecule has 0 atom stereocenters. The van der Waals surface area contributed by atoms with Crippen LogP contribution in [0.25, 0.3) is 10.4 Å². The third-order valence-corrected chi connectivity index (χ3v) is 2.52. The molecule has 0 amide bonds. The molecule has 3 heteroatoms. The van der Waals surface area contributed by atoms with Crippen LogP contribution in [0.5, 0.6) is 0 Å². The van der Waals surface area contributed by atoms with Crippen LogP contribution in [0.3, 0.4) is 0 Å². The number of benzene rings is 1. The molecule has 0 aliphatic heterocycles. The molecule has 0 unspecified atom stereocenters. The van der Waals surface area contributed by atoms with Crippen LogP contribution in [0, 0.1) is 11.3 Å². The molecular formula is C10H6N2S. The van der Waals surface area contributed by atoms with Gasteiger partial charge in [0.1, 0.15) is 6.07 Å². The van der Waals surface area contributed by atoms with E-state index < -0.39 is 0 Å². The zero-order chi connectivity index (χ0) is 9.10. The fourth-order valence-corrected chi connectivity index (χ4v) is 1.76. The van der Waals surface area contributed by atoms with Crippen LogP contribution < -0.4 is 0 Å². The van der Waals surface area contributed by atoms with Crippen molar-refractivity contribution < 1.29 is 0 Å². The topological polar surface area (TPSA) is 36.7 Å². The number of aromatic nitrogens is 1. The third-order valence-electron chi connectivity index (χ3n) is 1.68. The summed E-state index contributed by atoms with van der Waals surface area (Å²) in [6.45, 7) is 0. The Hall–Kier alpha value is -1.66. The lowest BCUT2D eigenvalue weighted by molar-refractivity contribution is 1.42. The second kappa shape index (κ2) is 3.38. The molecule has 1 heterocycles. The summed E-state index contributed by atoms with van der Waals surface area (Å²) in [6, 6.07) is 13.8. The molecule has 2 aromatic rings. The van der Waals surface area contributed by atoms with Gasteiger partial charge in [-0.2, -0.15) is 9.64 Å². The maximum absolute atomic E-state index is 8.59. The van der Waals surface area contributed by atoms with Crippen molar-refractivity contribution in [1.82, 2.24) is 4.37 Å². The highest BCUT2D eigenvalue weighted by Gasteiger charge is 2.01. The van der Waals surface area contributed by atoms with E-state index in [-0.39, 0.29) is 0 Å². The van der Waals surface area contributed by atoms with E-state index in [1.54, 1.807) is 6.07 Å². The number of nitrogens with zero attached hydrogens (tertiary/aromatic N) is 2. The van der Waals surface area contributed by atoms with E-state index in [0.29, 0.717) is 5.69 Å². The fraction of sp³-hybridized carbons (Fsp3) is 0. The first-order chi connectivity index (χ1) is 6.40. The molecular weight excluding hydrogens is 180 g/mol. The average Bonchev–Trinajstić information content (AvgIpc) is 2.67. The van der Waals surface area contributed by atoms with Crippen LogP contribution in [0.2, 0.25) is 0 Å². The molecule has 62 valence electrons. The number of nitriles is 1. The molecule has 0 N–H and O–H groups in total. The summed E-state index contributed by atoms with van der Waals surface area (Å²) in [5.74, 6) is 0. The molecule has 2 rings (SSSR count). The van der Waals surface area contributed by atoms with Crippen LogP contribution in [-0.2, 0) is 0 Å². The van der Waals surface area contributed by atoms with E-state index in [0.717, 1.165) is 10.4 Å². The maximum Gasteiger partial charge on any atom is 0.154 e. The Balaban J connectivity index is 2.43. The van der Waals surface area contributed by atoms with Gasteiger partial charge in [0.15, 0.2) is 5.69 Å². The van der Waals surface area contributed by atoms with E-state index >= 15 is 0 Å². The zero-order valence-corrected chi connectivity index (χ0v) is 7.58. The van der Waals surface area contributed by atoms with Gasteiger partial charge in [-0.05, 0) is 23.2 Å². The summed E-state index contributed by atoms with van der Waals surface area (Å²) in [5.41, 5.74) is 1.60. The molecule has 0 bridgehead atoms. The molecule has 0 radical (unpaired) electrons. The van der Waals surface area contributed by atoms with Gasteiger partial charge in [0.2, 0.25) is 0 Å². The van der Waals surface area contributed by atoms with Gasteiger partial charge in [-0.15, -0.1) is 0 Å².